The third-order valence-corrected chi connectivity index (χ3v) is 9.84. The Labute approximate surface area is 289 Å². The topological polar surface area (TPSA) is 133 Å². The SMILES string of the molecule is Cn1nc(NS(C)(=O)=O)c2c(Cl)ccc(-n3c(C(Cc4cc(F)cc(F)c4)NC(=O)Cn4cc(C(F)F)c5c4C(F)(F)[C@@H]4C[C@H]54)nccc3=O)c21. The summed E-state index contributed by atoms with van der Waals surface area (Å²) in [4.78, 5) is 31.6. The average Bonchev–Trinajstić information content (AvgIpc) is 3.56. The van der Waals surface area contributed by atoms with Crippen molar-refractivity contribution in [3.05, 3.63) is 104 Å². The van der Waals surface area contributed by atoms with Gasteiger partial charge < -0.3 is 9.88 Å². The fraction of sp³-hybridized carbons (Fsp3) is 0.312. The van der Waals surface area contributed by atoms with E-state index >= 15 is 8.78 Å². The van der Waals surface area contributed by atoms with Gasteiger partial charge in [-0.25, -0.2) is 31.0 Å². The van der Waals surface area contributed by atoms with Gasteiger partial charge in [-0.05, 0) is 47.7 Å². The first-order chi connectivity index (χ1) is 23.9. The van der Waals surface area contributed by atoms with Crippen molar-refractivity contribution in [3.63, 3.8) is 0 Å². The van der Waals surface area contributed by atoms with Crippen LogP contribution < -0.4 is 15.6 Å². The summed E-state index contributed by atoms with van der Waals surface area (Å²) in [5.74, 6) is -8.52. The summed E-state index contributed by atoms with van der Waals surface area (Å²) in [5, 5.41) is 6.97. The standard InChI is InChI=1S/C32H26ClF6N7O4S/c1-44-27-22(4-3-20(33)26(27)30(42-44)43-51(2,49)50)46-24(48)5-6-40-31(46)21(9-14-7-15(34)10-16(35)8-14)41-23(47)13-45-12-18(29(36)37)25-17-11-19(17)32(38,39)28(25)45/h3-8,10,12,17,19,21,29H,9,11,13H2,1-2H3,(H,41,47)(H,42,43)/t17-,19+,21?/m0/s1. The van der Waals surface area contributed by atoms with Crippen molar-refractivity contribution in [2.24, 2.45) is 13.0 Å². The van der Waals surface area contributed by atoms with Gasteiger partial charge in [-0.1, -0.05) is 11.6 Å². The van der Waals surface area contributed by atoms with E-state index in [-0.39, 0.29) is 57.2 Å². The van der Waals surface area contributed by atoms with Crippen LogP contribution in [0.4, 0.5) is 32.2 Å². The maximum atomic E-state index is 15.2. The molecule has 11 nitrogen and oxygen atoms in total. The number of carbonyl (C=O) groups is 1. The van der Waals surface area contributed by atoms with Crippen LogP contribution in [-0.4, -0.2) is 44.5 Å². The number of nitrogens with zero attached hydrogens (tertiary/aromatic N) is 5. The lowest BCUT2D eigenvalue weighted by Crippen LogP contribution is -2.37. The molecule has 1 saturated carbocycles. The number of hydrogen-bond acceptors (Lipinski definition) is 6. The van der Waals surface area contributed by atoms with E-state index in [0.717, 1.165) is 46.0 Å². The molecule has 1 amide bonds. The lowest BCUT2D eigenvalue weighted by molar-refractivity contribution is -0.122. The fourth-order valence-corrected chi connectivity index (χ4v) is 7.74. The molecular weight excluding hydrogens is 728 g/mol. The molecule has 2 aliphatic rings. The molecule has 3 aromatic heterocycles. The maximum absolute atomic E-state index is 15.2. The zero-order valence-electron chi connectivity index (χ0n) is 26.5. The number of nitrogens with one attached hydrogen (secondary N) is 2. The highest BCUT2D eigenvalue weighted by molar-refractivity contribution is 7.92. The minimum Gasteiger partial charge on any atom is -0.344 e. The highest BCUT2D eigenvalue weighted by Crippen LogP contribution is 2.68. The Hall–Kier alpha value is -4.84. The van der Waals surface area contributed by atoms with Crippen LogP contribution in [0.3, 0.4) is 0 Å². The summed E-state index contributed by atoms with van der Waals surface area (Å²) < 4.78 is 117. The second-order valence-corrected chi connectivity index (χ2v) is 14.7. The van der Waals surface area contributed by atoms with Gasteiger partial charge in [0.15, 0.2) is 5.82 Å². The predicted octanol–water partition coefficient (Wildman–Crippen LogP) is 5.47. The summed E-state index contributed by atoms with van der Waals surface area (Å²) in [6, 6.07) is 5.07. The summed E-state index contributed by atoms with van der Waals surface area (Å²) in [7, 11) is -2.39. The van der Waals surface area contributed by atoms with Crippen molar-refractivity contribution >= 4 is 44.3 Å². The minimum atomic E-state index is -3.84. The Kier molecular flexibility index (Phi) is 8.24. The van der Waals surface area contributed by atoms with Crippen LogP contribution in [0.15, 0.2) is 53.6 Å². The average molecular weight is 754 g/mol. The van der Waals surface area contributed by atoms with Crippen molar-refractivity contribution in [1.29, 1.82) is 0 Å². The van der Waals surface area contributed by atoms with E-state index in [1.165, 1.54) is 23.9 Å². The zero-order chi connectivity index (χ0) is 36.7. The molecule has 3 heterocycles. The van der Waals surface area contributed by atoms with E-state index in [1.807, 2.05) is 0 Å². The number of amides is 1. The number of aryl methyl sites for hydroxylation is 1. The van der Waals surface area contributed by atoms with Crippen LogP contribution in [0.2, 0.25) is 5.02 Å². The van der Waals surface area contributed by atoms with Gasteiger partial charge in [-0.15, -0.1) is 0 Å². The van der Waals surface area contributed by atoms with E-state index in [0.29, 0.717) is 6.07 Å². The van der Waals surface area contributed by atoms with E-state index < -0.39 is 81.2 Å². The van der Waals surface area contributed by atoms with Crippen LogP contribution in [0.25, 0.3) is 16.6 Å². The quantitative estimate of drug-likeness (QED) is 0.182. The van der Waals surface area contributed by atoms with E-state index in [1.54, 1.807) is 0 Å². The number of aromatic nitrogens is 5. The van der Waals surface area contributed by atoms with E-state index in [4.69, 9.17) is 11.6 Å². The van der Waals surface area contributed by atoms with Crippen molar-refractivity contribution in [3.8, 4) is 5.69 Å². The molecular formula is C32H26ClF6N7O4S. The number of halogens is 7. The number of rotatable bonds is 10. The molecule has 51 heavy (non-hydrogen) atoms. The lowest BCUT2D eigenvalue weighted by Gasteiger charge is -2.23. The summed E-state index contributed by atoms with van der Waals surface area (Å²) in [6.07, 6.45) is -0.537. The monoisotopic (exact) mass is 753 g/mol. The number of alkyl halides is 4. The van der Waals surface area contributed by atoms with E-state index in [2.05, 4.69) is 20.1 Å². The molecule has 19 heteroatoms. The number of hydrogen-bond donors (Lipinski definition) is 2. The number of benzene rings is 2. The maximum Gasteiger partial charge on any atom is 0.291 e. The van der Waals surface area contributed by atoms with Crippen LogP contribution in [0, 0.1) is 17.6 Å². The largest absolute Gasteiger partial charge is 0.344 e. The van der Waals surface area contributed by atoms with Gasteiger partial charge in [-0.2, -0.15) is 13.9 Å². The molecule has 2 N–H and O–H groups in total. The molecule has 0 bridgehead atoms. The summed E-state index contributed by atoms with van der Waals surface area (Å²) >= 11 is 6.46. The van der Waals surface area contributed by atoms with Gasteiger partial charge in [-0.3, -0.25) is 23.6 Å². The second-order valence-electron chi connectivity index (χ2n) is 12.6. The van der Waals surface area contributed by atoms with Gasteiger partial charge in [0.25, 0.3) is 17.9 Å². The van der Waals surface area contributed by atoms with Crippen molar-refractivity contribution in [2.45, 2.75) is 43.7 Å². The molecule has 1 unspecified atom stereocenters. The van der Waals surface area contributed by atoms with Gasteiger partial charge in [0.1, 0.15) is 24.0 Å². The first-order valence-electron chi connectivity index (χ1n) is 15.3. The van der Waals surface area contributed by atoms with Gasteiger partial charge in [0, 0.05) is 49.5 Å². The zero-order valence-corrected chi connectivity index (χ0v) is 28.0. The molecule has 5 aromatic rings. The molecule has 0 spiro atoms. The first-order valence-corrected chi connectivity index (χ1v) is 17.6. The highest BCUT2D eigenvalue weighted by atomic mass is 35.5. The Morgan fingerprint density at radius 1 is 1.14 bits per heavy atom. The van der Waals surface area contributed by atoms with Crippen LogP contribution in [0.1, 0.15) is 53.0 Å². The minimum absolute atomic E-state index is 0.0114. The van der Waals surface area contributed by atoms with Crippen molar-refractivity contribution in [1.82, 2.24) is 29.2 Å². The van der Waals surface area contributed by atoms with Gasteiger partial charge >= 0.3 is 0 Å². The molecule has 0 radical (unpaired) electrons. The van der Waals surface area contributed by atoms with Crippen LogP contribution >= 0.6 is 11.6 Å². The van der Waals surface area contributed by atoms with Crippen LogP contribution in [0.5, 0.6) is 0 Å². The third-order valence-electron chi connectivity index (χ3n) is 8.96. The van der Waals surface area contributed by atoms with Gasteiger partial charge in [0.05, 0.1) is 39.6 Å². The Morgan fingerprint density at radius 2 is 1.84 bits per heavy atom. The molecule has 3 atom stereocenters. The number of fused-ring (bicyclic) bond motifs is 4. The third kappa shape index (κ3) is 6.13. The number of anilines is 1. The number of sulfonamides is 1. The normalized spacial score (nSPS) is 18.2. The van der Waals surface area contributed by atoms with Crippen LogP contribution in [-0.2, 0) is 40.8 Å². The molecule has 1 fully saturated rings. The Balaban J connectivity index is 1.34. The number of carbonyl (C=O) groups excluding carboxylic acids is 1. The molecule has 268 valence electrons. The molecule has 0 aliphatic heterocycles. The van der Waals surface area contributed by atoms with Crippen molar-refractivity contribution < 1.29 is 39.6 Å². The summed E-state index contributed by atoms with van der Waals surface area (Å²) in [6.45, 7) is -0.831. The fourth-order valence-electron chi connectivity index (χ4n) is 7.01. The van der Waals surface area contributed by atoms with Crippen molar-refractivity contribution in [2.75, 3.05) is 11.0 Å². The smallest absolute Gasteiger partial charge is 0.291 e. The molecule has 7 rings (SSSR count). The first kappa shape index (κ1) is 34.6. The van der Waals surface area contributed by atoms with Gasteiger partial charge in [0.2, 0.25) is 15.9 Å². The predicted molar refractivity (Wildman–Crippen MR) is 173 cm³/mol. The summed E-state index contributed by atoms with van der Waals surface area (Å²) in [5.41, 5.74) is -1.90. The Bertz CT molecular complexity index is 2410. The molecule has 2 aromatic carbocycles. The molecule has 0 saturated heterocycles. The second kappa shape index (κ2) is 12.1. The lowest BCUT2D eigenvalue weighted by atomic mass is 10.0. The van der Waals surface area contributed by atoms with E-state index in [9.17, 15) is 35.6 Å². The molecule has 2 aliphatic carbocycles. The highest BCUT2D eigenvalue weighted by Gasteiger charge is 2.66. The Morgan fingerprint density at radius 3 is 2.51 bits per heavy atom.